The Kier molecular flexibility index (Phi) is 5.70. The van der Waals surface area contributed by atoms with Crippen molar-refractivity contribution in [3.8, 4) is 22.9 Å². The molecule has 0 aliphatic heterocycles. The number of aromatic nitrogens is 3. The number of para-hydroxylation sites is 1. The van der Waals surface area contributed by atoms with Crippen LogP contribution in [0.5, 0.6) is 0 Å². The van der Waals surface area contributed by atoms with Gasteiger partial charge in [-0.05, 0) is 61.5 Å². The minimum Gasteiger partial charge on any atom is -0.463 e. The van der Waals surface area contributed by atoms with Crippen LogP contribution in [0.1, 0.15) is 17.3 Å². The monoisotopic (exact) mass is 510 g/mol. The van der Waals surface area contributed by atoms with Crippen molar-refractivity contribution in [2.45, 2.75) is 13.0 Å². The summed E-state index contributed by atoms with van der Waals surface area (Å²) in [6, 6.07) is 19.5. The van der Waals surface area contributed by atoms with Gasteiger partial charge in [0.05, 0.1) is 39.3 Å². The number of anilines is 1. The molecule has 1 atom stereocenters. The van der Waals surface area contributed by atoms with Crippen LogP contribution in [0.4, 0.5) is 5.13 Å². The van der Waals surface area contributed by atoms with Gasteiger partial charge in [0.1, 0.15) is 11.4 Å². The third-order valence-corrected chi connectivity index (χ3v) is 6.54. The van der Waals surface area contributed by atoms with Crippen molar-refractivity contribution in [1.82, 2.24) is 15.0 Å². The molecule has 6 rings (SSSR count). The van der Waals surface area contributed by atoms with Crippen LogP contribution in [-0.2, 0) is 9.53 Å². The summed E-state index contributed by atoms with van der Waals surface area (Å²) in [6.45, 7) is 1.51. The molecular weight excluding hydrogens is 492 g/mol. The Hall–Kier alpha value is -4.83. The molecule has 4 heterocycles. The Morgan fingerprint density at radius 2 is 1.54 bits per heavy atom. The van der Waals surface area contributed by atoms with Gasteiger partial charge in [0.25, 0.3) is 5.91 Å². The second-order valence-corrected chi connectivity index (χ2v) is 9.13. The van der Waals surface area contributed by atoms with Crippen molar-refractivity contribution in [2.75, 3.05) is 5.32 Å². The summed E-state index contributed by atoms with van der Waals surface area (Å²) in [5, 5.41) is 3.15. The highest BCUT2D eigenvalue weighted by atomic mass is 32.1. The fourth-order valence-electron chi connectivity index (χ4n) is 3.77. The second kappa shape index (κ2) is 9.32. The first-order valence-corrected chi connectivity index (χ1v) is 12.1. The number of nitrogens with zero attached hydrogens (tertiary/aromatic N) is 3. The molecule has 0 fully saturated rings. The van der Waals surface area contributed by atoms with Gasteiger partial charge >= 0.3 is 5.97 Å². The number of carbonyl (C=O) groups is 2. The molecule has 0 bridgehead atoms. The van der Waals surface area contributed by atoms with Crippen molar-refractivity contribution in [2.24, 2.45) is 0 Å². The normalized spacial score (nSPS) is 12.0. The minimum absolute atomic E-state index is 0.234. The number of benzene rings is 2. The fraction of sp³-hybridized carbons (Fsp3) is 0.0741. The number of carbonyl (C=O) groups excluding carboxylic acids is 2. The van der Waals surface area contributed by atoms with Crippen LogP contribution in [0, 0.1) is 0 Å². The molecule has 0 saturated carbocycles. The van der Waals surface area contributed by atoms with E-state index in [-0.39, 0.29) is 5.56 Å². The van der Waals surface area contributed by atoms with Crippen LogP contribution in [0.3, 0.4) is 0 Å². The molecule has 182 valence electrons. The maximum Gasteiger partial charge on any atom is 0.338 e. The molecule has 1 N–H and O–H groups in total. The van der Waals surface area contributed by atoms with Gasteiger partial charge in [-0.1, -0.05) is 23.5 Å². The van der Waals surface area contributed by atoms with Crippen molar-refractivity contribution < 1.29 is 23.2 Å². The topological polar surface area (TPSA) is 120 Å². The highest BCUT2D eigenvalue weighted by Crippen LogP contribution is 2.32. The van der Waals surface area contributed by atoms with Gasteiger partial charge in [0, 0.05) is 0 Å². The van der Waals surface area contributed by atoms with Gasteiger partial charge in [-0.2, -0.15) is 0 Å². The lowest BCUT2D eigenvalue weighted by molar-refractivity contribution is -0.123. The molecule has 0 spiro atoms. The van der Waals surface area contributed by atoms with E-state index in [2.05, 4.69) is 15.3 Å². The molecule has 37 heavy (non-hydrogen) atoms. The number of furan rings is 2. The number of hydrogen-bond acceptors (Lipinski definition) is 9. The lowest BCUT2D eigenvalue weighted by Crippen LogP contribution is -2.29. The Balaban J connectivity index is 1.24. The largest absolute Gasteiger partial charge is 0.463 e. The van der Waals surface area contributed by atoms with E-state index in [1.165, 1.54) is 18.3 Å². The molecule has 0 radical (unpaired) electrons. The standard InChI is InChI=1S/C27H18N4O5S/c1-15(25(32)31-27-30-18-6-2-3-9-22(18)37-27)36-26(33)16-10-11-17-19(14-16)29-24(21-8-5-13-35-21)23(28-17)20-7-4-12-34-20/h2-15H,1H3,(H,30,31,32). The van der Waals surface area contributed by atoms with E-state index >= 15 is 0 Å². The van der Waals surface area contributed by atoms with Crippen LogP contribution < -0.4 is 5.32 Å². The summed E-state index contributed by atoms with van der Waals surface area (Å²) in [5.74, 6) is -0.0901. The molecule has 1 unspecified atom stereocenters. The third kappa shape index (κ3) is 4.45. The van der Waals surface area contributed by atoms with Crippen molar-refractivity contribution >= 4 is 49.6 Å². The lowest BCUT2D eigenvalue weighted by atomic mass is 10.1. The molecule has 9 nitrogen and oxygen atoms in total. The zero-order valence-electron chi connectivity index (χ0n) is 19.4. The maximum absolute atomic E-state index is 12.9. The number of ether oxygens (including phenoxy) is 1. The van der Waals surface area contributed by atoms with Crippen LogP contribution in [-0.4, -0.2) is 32.9 Å². The quantitative estimate of drug-likeness (QED) is 0.273. The Labute approximate surface area is 213 Å². The summed E-state index contributed by atoms with van der Waals surface area (Å²) >= 11 is 1.35. The molecule has 4 aromatic heterocycles. The highest BCUT2D eigenvalue weighted by molar-refractivity contribution is 7.22. The first-order chi connectivity index (χ1) is 18.0. The molecule has 1 amide bonds. The summed E-state index contributed by atoms with van der Waals surface area (Å²) in [6.07, 6.45) is 2.06. The Morgan fingerprint density at radius 1 is 0.838 bits per heavy atom. The van der Waals surface area contributed by atoms with E-state index in [1.54, 1.807) is 55.0 Å². The lowest BCUT2D eigenvalue weighted by Gasteiger charge is -2.13. The van der Waals surface area contributed by atoms with Crippen molar-refractivity contribution in [1.29, 1.82) is 0 Å². The van der Waals surface area contributed by atoms with Crippen LogP contribution in [0.2, 0.25) is 0 Å². The number of hydrogen-bond donors (Lipinski definition) is 1. The predicted molar refractivity (Wildman–Crippen MR) is 138 cm³/mol. The number of nitrogens with one attached hydrogen (secondary N) is 1. The minimum atomic E-state index is -1.04. The van der Waals surface area contributed by atoms with Crippen LogP contribution in [0.25, 0.3) is 44.2 Å². The van der Waals surface area contributed by atoms with Gasteiger partial charge < -0.3 is 13.6 Å². The van der Waals surface area contributed by atoms with Gasteiger partial charge in [-0.3, -0.25) is 10.1 Å². The Morgan fingerprint density at radius 3 is 2.22 bits per heavy atom. The molecule has 6 aromatic rings. The van der Waals surface area contributed by atoms with E-state index in [0.29, 0.717) is 39.1 Å². The van der Waals surface area contributed by atoms with E-state index in [9.17, 15) is 9.59 Å². The number of esters is 1. The molecular formula is C27H18N4O5S. The second-order valence-electron chi connectivity index (χ2n) is 8.10. The summed E-state index contributed by atoms with van der Waals surface area (Å²) in [5.41, 5.74) is 3.03. The predicted octanol–water partition coefficient (Wildman–Crippen LogP) is 5.94. The van der Waals surface area contributed by atoms with Crippen molar-refractivity contribution in [3.63, 3.8) is 0 Å². The van der Waals surface area contributed by atoms with E-state index in [4.69, 9.17) is 18.6 Å². The first kappa shape index (κ1) is 22.6. The number of thiazole rings is 1. The Bertz CT molecular complexity index is 1710. The van der Waals surface area contributed by atoms with Crippen LogP contribution in [0.15, 0.2) is 88.1 Å². The van der Waals surface area contributed by atoms with E-state index in [1.807, 2.05) is 24.3 Å². The number of rotatable bonds is 6. The van der Waals surface area contributed by atoms with Gasteiger partial charge in [0.15, 0.2) is 22.8 Å². The third-order valence-electron chi connectivity index (χ3n) is 5.59. The molecule has 2 aromatic carbocycles. The molecule has 0 aliphatic rings. The summed E-state index contributed by atoms with van der Waals surface area (Å²) in [7, 11) is 0. The average Bonchev–Trinajstić information content (AvgIpc) is 3.69. The fourth-order valence-corrected chi connectivity index (χ4v) is 4.64. The van der Waals surface area contributed by atoms with E-state index in [0.717, 1.165) is 10.2 Å². The van der Waals surface area contributed by atoms with Gasteiger partial charge in [0.2, 0.25) is 0 Å². The van der Waals surface area contributed by atoms with Gasteiger partial charge in [-0.25, -0.2) is 19.7 Å². The van der Waals surface area contributed by atoms with Crippen LogP contribution >= 0.6 is 11.3 Å². The number of amides is 1. The first-order valence-electron chi connectivity index (χ1n) is 11.3. The maximum atomic E-state index is 12.9. The number of fused-ring (bicyclic) bond motifs is 2. The zero-order chi connectivity index (χ0) is 25.4. The molecule has 0 saturated heterocycles. The smallest absolute Gasteiger partial charge is 0.338 e. The van der Waals surface area contributed by atoms with Crippen molar-refractivity contribution in [3.05, 3.63) is 84.8 Å². The average molecular weight is 511 g/mol. The molecule has 0 aliphatic carbocycles. The molecule has 10 heteroatoms. The van der Waals surface area contributed by atoms with Gasteiger partial charge in [-0.15, -0.1) is 0 Å². The van der Waals surface area contributed by atoms with E-state index < -0.39 is 18.0 Å². The highest BCUT2D eigenvalue weighted by Gasteiger charge is 2.22. The SMILES string of the molecule is CC(OC(=O)c1ccc2nc(-c3ccco3)c(-c3ccco3)nc2c1)C(=O)Nc1nc2ccccc2s1. The summed E-state index contributed by atoms with van der Waals surface area (Å²) in [4.78, 5) is 39.3. The summed E-state index contributed by atoms with van der Waals surface area (Å²) < 4.78 is 17.5. The zero-order valence-corrected chi connectivity index (χ0v) is 20.2.